The third kappa shape index (κ3) is 6.20. The first kappa shape index (κ1) is 13.7. The molecule has 1 nitrogen and oxygen atoms in total. The summed E-state index contributed by atoms with van der Waals surface area (Å²) in [4.78, 5) is 0. The van der Waals surface area contributed by atoms with Gasteiger partial charge in [0.2, 0.25) is 0 Å². The molecule has 0 radical (unpaired) electrons. The molecule has 1 unspecified atom stereocenters. The molecule has 0 spiro atoms. The van der Waals surface area contributed by atoms with Crippen LogP contribution in [0.25, 0.3) is 0 Å². The predicted octanol–water partition coefficient (Wildman–Crippen LogP) is 3.76. The Morgan fingerprint density at radius 3 is 2.43 bits per heavy atom. The maximum atomic E-state index is 3.95. The quantitative estimate of drug-likeness (QED) is 0.438. The molecule has 1 heteroatoms. The van der Waals surface area contributed by atoms with Crippen molar-refractivity contribution in [2.24, 2.45) is 5.41 Å². The second kappa shape index (κ2) is 8.05. The van der Waals surface area contributed by atoms with Gasteiger partial charge in [-0.15, -0.1) is 6.58 Å². The van der Waals surface area contributed by atoms with Gasteiger partial charge in [0.05, 0.1) is 0 Å². The smallest absolute Gasteiger partial charge is 0.00397 e. The van der Waals surface area contributed by atoms with E-state index in [4.69, 9.17) is 0 Å². The minimum atomic E-state index is 0.296. The first-order chi connectivity index (χ1) is 6.68. The molecule has 0 heterocycles. The van der Waals surface area contributed by atoms with E-state index in [1.54, 1.807) is 0 Å². The second-order valence-electron chi connectivity index (χ2n) is 4.49. The summed E-state index contributed by atoms with van der Waals surface area (Å²) < 4.78 is 0. The lowest BCUT2D eigenvalue weighted by atomic mass is 9.84. The highest BCUT2D eigenvalue weighted by atomic mass is 14.9. The van der Waals surface area contributed by atoms with E-state index in [9.17, 15) is 0 Å². The van der Waals surface area contributed by atoms with Crippen molar-refractivity contribution < 1.29 is 0 Å². The lowest BCUT2D eigenvalue weighted by Crippen LogP contribution is -2.30. The van der Waals surface area contributed by atoms with Crippen LogP contribution in [0.1, 0.15) is 52.9 Å². The third-order valence-corrected chi connectivity index (χ3v) is 2.80. The van der Waals surface area contributed by atoms with Gasteiger partial charge < -0.3 is 5.32 Å². The molecule has 84 valence electrons. The summed E-state index contributed by atoms with van der Waals surface area (Å²) in [5.41, 5.74) is 0.296. The molecule has 0 aromatic carbocycles. The normalized spacial score (nSPS) is 15.1. The monoisotopic (exact) mass is 197 g/mol. The number of unbranched alkanes of at least 4 members (excludes halogenated alkanes) is 2. The molecule has 0 amide bonds. The Bertz CT molecular complexity index is 130. The van der Waals surface area contributed by atoms with Crippen molar-refractivity contribution in [1.29, 1.82) is 0 Å². The maximum absolute atomic E-state index is 3.95. The van der Waals surface area contributed by atoms with Crippen LogP contribution in [0.5, 0.6) is 0 Å². The van der Waals surface area contributed by atoms with Crippen molar-refractivity contribution in [3.8, 4) is 0 Å². The molecule has 14 heavy (non-hydrogen) atoms. The highest BCUT2D eigenvalue weighted by molar-refractivity contribution is 4.92. The highest BCUT2D eigenvalue weighted by Gasteiger charge is 2.18. The molecule has 1 N–H and O–H groups in total. The molecule has 0 aliphatic heterocycles. The summed E-state index contributed by atoms with van der Waals surface area (Å²) in [5.74, 6) is 0. The van der Waals surface area contributed by atoms with E-state index in [-0.39, 0.29) is 0 Å². The molecule has 0 saturated carbocycles. The van der Waals surface area contributed by atoms with E-state index < -0.39 is 0 Å². The Morgan fingerprint density at radius 2 is 1.93 bits per heavy atom. The minimum Gasteiger partial charge on any atom is -0.316 e. The molecule has 1 atom stereocenters. The highest BCUT2D eigenvalue weighted by Crippen LogP contribution is 2.24. The van der Waals surface area contributed by atoms with Crippen molar-refractivity contribution in [2.45, 2.75) is 52.9 Å². The van der Waals surface area contributed by atoms with E-state index in [0.29, 0.717) is 5.41 Å². The second-order valence-corrected chi connectivity index (χ2v) is 4.49. The third-order valence-electron chi connectivity index (χ3n) is 2.80. The zero-order valence-corrected chi connectivity index (χ0v) is 10.2. The van der Waals surface area contributed by atoms with E-state index in [2.05, 4.69) is 38.7 Å². The van der Waals surface area contributed by atoms with E-state index in [0.717, 1.165) is 13.1 Å². The van der Waals surface area contributed by atoms with Crippen molar-refractivity contribution in [1.82, 2.24) is 5.32 Å². The maximum Gasteiger partial charge on any atom is 0.00397 e. The minimum absolute atomic E-state index is 0.296. The molecule has 0 rings (SSSR count). The summed E-state index contributed by atoms with van der Waals surface area (Å²) in [5, 5.41) is 3.48. The van der Waals surface area contributed by atoms with Gasteiger partial charge in [0.15, 0.2) is 0 Å². The molecular formula is C13H27N. The topological polar surface area (TPSA) is 12.0 Å². The Hall–Kier alpha value is -0.300. The lowest BCUT2D eigenvalue weighted by molar-refractivity contribution is 0.350. The average molecular weight is 197 g/mol. The number of hydrogen-bond acceptors (Lipinski definition) is 1. The Kier molecular flexibility index (Phi) is 7.87. The zero-order valence-electron chi connectivity index (χ0n) is 10.2. The van der Waals surface area contributed by atoms with Gasteiger partial charge in [-0.25, -0.2) is 0 Å². The standard InChI is InChI=1S/C13H27N/c1-5-8-9-10-13(4,7-3)12-14-11-6-2/h7,14H,3,5-6,8-12H2,1-2,4H3. The van der Waals surface area contributed by atoms with Crippen LogP contribution in [0, 0.1) is 5.41 Å². The van der Waals surface area contributed by atoms with Crippen molar-refractivity contribution in [3.63, 3.8) is 0 Å². The number of rotatable bonds is 9. The number of hydrogen-bond donors (Lipinski definition) is 1. The SMILES string of the molecule is C=CC(C)(CCCCC)CNCCC. The van der Waals surface area contributed by atoms with E-state index in [1.807, 2.05) is 0 Å². The molecule has 0 aromatic rings. The predicted molar refractivity (Wildman–Crippen MR) is 65.6 cm³/mol. The van der Waals surface area contributed by atoms with Crippen LogP contribution in [0.4, 0.5) is 0 Å². The molecule has 0 aromatic heterocycles. The van der Waals surface area contributed by atoms with Crippen molar-refractivity contribution in [3.05, 3.63) is 12.7 Å². The molecule has 0 fully saturated rings. The van der Waals surface area contributed by atoms with Crippen LogP contribution >= 0.6 is 0 Å². The average Bonchev–Trinajstić information content (AvgIpc) is 2.19. The molecule has 0 aliphatic carbocycles. The van der Waals surface area contributed by atoms with Gasteiger partial charge in [-0.2, -0.15) is 0 Å². The van der Waals surface area contributed by atoms with Gasteiger partial charge >= 0.3 is 0 Å². The van der Waals surface area contributed by atoms with Gasteiger partial charge in [0.1, 0.15) is 0 Å². The van der Waals surface area contributed by atoms with Crippen molar-refractivity contribution >= 4 is 0 Å². The largest absolute Gasteiger partial charge is 0.316 e. The molecule has 0 saturated heterocycles. The van der Waals surface area contributed by atoms with Crippen LogP contribution in [-0.4, -0.2) is 13.1 Å². The summed E-state index contributed by atoms with van der Waals surface area (Å²) in [7, 11) is 0. The van der Waals surface area contributed by atoms with E-state index in [1.165, 1.54) is 32.1 Å². The summed E-state index contributed by atoms with van der Waals surface area (Å²) in [6.45, 7) is 12.9. The summed E-state index contributed by atoms with van der Waals surface area (Å²) >= 11 is 0. The first-order valence-electron chi connectivity index (χ1n) is 6.03. The fourth-order valence-corrected chi connectivity index (χ4v) is 1.59. The van der Waals surface area contributed by atoms with Crippen LogP contribution in [0.2, 0.25) is 0 Å². The summed E-state index contributed by atoms with van der Waals surface area (Å²) in [6.07, 6.45) is 8.56. The van der Waals surface area contributed by atoms with Crippen molar-refractivity contribution in [2.75, 3.05) is 13.1 Å². The van der Waals surface area contributed by atoms with Gasteiger partial charge in [-0.3, -0.25) is 0 Å². The molecule has 0 bridgehead atoms. The first-order valence-corrected chi connectivity index (χ1v) is 6.03. The molecular weight excluding hydrogens is 170 g/mol. The molecule has 0 aliphatic rings. The van der Waals surface area contributed by atoms with Gasteiger partial charge in [-0.1, -0.05) is 46.1 Å². The number of nitrogens with one attached hydrogen (secondary N) is 1. The van der Waals surface area contributed by atoms with Crippen LogP contribution in [0.3, 0.4) is 0 Å². The van der Waals surface area contributed by atoms with Crippen LogP contribution < -0.4 is 5.32 Å². The Morgan fingerprint density at radius 1 is 1.21 bits per heavy atom. The Balaban J connectivity index is 3.73. The van der Waals surface area contributed by atoms with E-state index >= 15 is 0 Å². The van der Waals surface area contributed by atoms with Crippen LogP contribution in [0.15, 0.2) is 12.7 Å². The fourth-order valence-electron chi connectivity index (χ4n) is 1.59. The van der Waals surface area contributed by atoms with Crippen LogP contribution in [-0.2, 0) is 0 Å². The summed E-state index contributed by atoms with van der Waals surface area (Å²) in [6, 6.07) is 0. The zero-order chi connectivity index (χ0) is 10.9. The van der Waals surface area contributed by atoms with Gasteiger partial charge in [0, 0.05) is 6.54 Å². The Labute approximate surface area is 90.0 Å². The van der Waals surface area contributed by atoms with Gasteiger partial charge in [0.25, 0.3) is 0 Å². The van der Waals surface area contributed by atoms with Gasteiger partial charge in [-0.05, 0) is 24.8 Å². The fraction of sp³-hybridized carbons (Fsp3) is 0.846. The lowest BCUT2D eigenvalue weighted by Gasteiger charge is -2.26.